The van der Waals surface area contributed by atoms with Gasteiger partial charge in [-0.15, -0.1) is 13.2 Å². The van der Waals surface area contributed by atoms with E-state index in [4.69, 9.17) is 4.74 Å². The van der Waals surface area contributed by atoms with E-state index in [0.717, 1.165) is 19.2 Å². The molecule has 2 aliphatic heterocycles. The number of Topliss-reactive ketones (excluding diaryl/α,β-unsaturated/α-hetero) is 1. The molecule has 1 aromatic rings. The van der Waals surface area contributed by atoms with E-state index in [9.17, 15) is 18.0 Å². The van der Waals surface area contributed by atoms with Gasteiger partial charge in [-0.3, -0.25) is 4.79 Å². The number of alkyl halides is 3. The van der Waals surface area contributed by atoms with Crippen molar-refractivity contribution in [1.82, 2.24) is 5.32 Å². The lowest BCUT2D eigenvalue weighted by Crippen LogP contribution is -2.49. The van der Waals surface area contributed by atoms with Gasteiger partial charge in [-0.05, 0) is 25.2 Å². The lowest BCUT2D eigenvalue weighted by atomic mass is 9.83. The van der Waals surface area contributed by atoms with E-state index in [0.29, 0.717) is 12.8 Å². The van der Waals surface area contributed by atoms with Crippen LogP contribution in [0.25, 0.3) is 0 Å². The van der Waals surface area contributed by atoms with Crippen LogP contribution in [0.15, 0.2) is 18.2 Å². The standard InChI is InChI=1S/C14H14F3NO3/c15-14(16,17)21-11-3-1-2-10-12(11)9(19)8-13(20-10)4-6-18-7-5-13/h1-3,18H,4-8H2. The molecule has 0 radical (unpaired) electrons. The first-order valence-corrected chi connectivity index (χ1v) is 6.70. The fraction of sp³-hybridized carbons (Fsp3) is 0.500. The number of halogens is 3. The lowest BCUT2D eigenvalue weighted by molar-refractivity contribution is -0.274. The van der Waals surface area contributed by atoms with Crippen molar-refractivity contribution in [2.24, 2.45) is 0 Å². The summed E-state index contributed by atoms with van der Waals surface area (Å²) in [5.41, 5.74) is -0.717. The van der Waals surface area contributed by atoms with Crippen LogP contribution in [0.2, 0.25) is 0 Å². The topological polar surface area (TPSA) is 47.6 Å². The fourth-order valence-electron chi connectivity index (χ4n) is 2.89. The molecule has 0 aromatic heterocycles. The molecule has 7 heteroatoms. The van der Waals surface area contributed by atoms with Gasteiger partial charge in [0.2, 0.25) is 0 Å². The first kappa shape index (κ1) is 14.2. The number of carbonyl (C=O) groups is 1. The summed E-state index contributed by atoms with van der Waals surface area (Å²) in [4.78, 5) is 12.3. The van der Waals surface area contributed by atoms with E-state index in [-0.39, 0.29) is 23.5 Å². The Hall–Kier alpha value is -1.76. The Morgan fingerprint density at radius 2 is 1.95 bits per heavy atom. The predicted octanol–water partition coefficient (Wildman–Crippen LogP) is 2.67. The van der Waals surface area contributed by atoms with Gasteiger partial charge in [0.15, 0.2) is 5.78 Å². The molecule has 0 aliphatic carbocycles. The zero-order valence-electron chi connectivity index (χ0n) is 11.1. The van der Waals surface area contributed by atoms with Gasteiger partial charge >= 0.3 is 6.36 Å². The quantitative estimate of drug-likeness (QED) is 0.866. The van der Waals surface area contributed by atoms with Gasteiger partial charge < -0.3 is 14.8 Å². The molecule has 0 unspecified atom stereocenters. The molecule has 0 bridgehead atoms. The number of hydrogen-bond donors (Lipinski definition) is 1. The van der Waals surface area contributed by atoms with Crippen LogP contribution in [0.4, 0.5) is 13.2 Å². The first-order valence-electron chi connectivity index (χ1n) is 6.70. The molecule has 2 aliphatic rings. The maximum absolute atomic E-state index is 12.4. The first-order chi connectivity index (χ1) is 9.89. The van der Waals surface area contributed by atoms with Crippen LogP contribution in [0.1, 0.15) is 29.6 Å². The lowest BCUT2D eigenvalue weighted by Gasteiger charge is -2.41. The van der Waals surface area contributed by atoms with Crippen LogP contribution in [0.3, 0.4) is 0 Å². The summed E-state index contributed by atoms with van der Waals surface area (Å²) in [7, 11) is 0. The van der Waals surface area contributed by atoms with Crippen LogP contribution in [0.5, 0.6) is 11.5 Å². The largest absolute Gasteiger partial charge is 0.573 e. The number of ether oxygens (including phenoxy) is 2. The van der Waals surface area contributed by atoms with Gasteiger partial charge in [-0.2, -0.15) is 0 Å². The SMILES string of the molecule is O=C1CC2(CCNCC2)Oc2cccc(OC(F)(F)F)c21. The van der Waals surface area contributed by atoms with Crippen molar-refractivity contribution in [3.05, 3.63) is 23.8 Å². The van der Waals surface area contributed by atoms with Crippen molar-refractivity contribution < 1.29 is 27.4 Å². The Balaban J connectivity index is 1.95. The van der Waals surface area contributed by atoms with Gasteiger partial charge in [-0.1, -0.05) is 6.07 Å². The van der Waals surface area contributed by atoms with Gasteiger partial charge in [0, 0.05) is 12.8 Å². The van der Waals surface area contributed by atoms with E-state index in [1.807, 2.05) is 0 Å². The number of nitrogens with one attached hydrogen (secondary N) is 1. The van der Waals surface area contributed by atoms with Gasteiger partial charge in [-0.25, -0.2) is 0 Å². The summed E-state index contributed by atoms with van der Waals surface area (Å²) in [6.07, 6.45) is -3.44. The number of hydrogen-bond acceptors (Lipinski definition) is 4. The Morgan fingerprint density at radius 3 is 2.62 bits per heavy atom. The summed E-state index contributed by atoms with van der Waals surface area (Å²) < 4.78 is 47.0. The molecule has 1 aromatic carbocycles. The molecule has 1 saturated heterocycles. The second kappa shape index (κ2) is 4.91. The number of rotatable bonds is 1. The van der Waals surface area contributed by atoms with Gasteiger partial charge in [0.1, 0.15) is 22.7 Å². The van der Waals surface area contributed by atoms with Crippen LogP contribution >= 0.6 is 0 Å². The molecule has 0 atom stereocenters. The minimum atomic E-state index is -4.83. The van der Waals surface area contributed by atoms with E-state index in [1.54, 1.807) is 0 Å². The minimum Gasteiger partial charge on any atom is -0.486 e. The third-order valence-electron chi connectivity index (χ3n) is 3.82. The highest BCUT2D eigenvalue weighted by molar-refractivity contribution is 6.02. The van der Waals surface area contributed by atoms with Crippen LogP contribution < -0.4 is 14.8 Å². The average molecular weight is 301 g/mol. The molecule has 1 fully saturated rings. The molecule has 1 N–H and O–H groups in total. The van der Waals surface area contributed by atoms with Crippen LogP contribution in [-0.2, 0) is 0 Å². The zero-order valence-corrected chi connectivity index (χ0v) is 11.1. The van der Waals surface area contributed by atoms with Crippen LogP contribution in [0, 0.1) is 0 Å². The predicted molar refractivity (Wildman–Crippen MR) is 67.5 cm³/mol. The maximum Gasteiger partial charge on any atom is 0.573 e. The number of fused-ring (bicyclic) bond motifs is 1. The van der Waals surface area contributed by atoms with E-state index >= 15 is 0 Å². The van der Waals surface area contributed by atoms with Crippen molar-refractivity contribution in [1.29, 1.82) is 0 Å². The second-order valence-electron chi connectivity index (χ2n) is 5.31. The third-order valence-corrected chi connectivity index (χ3v) is 3.82. The van der Waals surface area contributed by atoms with Crippen molar-refractivity contribution in [3.63, 3.8) is 0 Å². The maximum atomic E-state index is 12.4. The molecular formula is C14H14F3NO3. The van der Waals surface area contributed by atoms with Crippen LogP contribution in [-0.4, -0.2) is 30.8 Å². The van der Waals surface area contributed by atoms with Crippen molar-refractivity contribution in [2.75, 3.05) is 13.1 Å². The molecule has 2 heterocycles. The summed E-state index contributed by atoms with van der Waals surface area (Å²) >= 11 is 0. The summed E-state index contributed by atoms with van der Waals surface area (Å²) in [6.45, 7) is 1.45. The number of ketones is 1. The number of piperidine rings is 1. The summed E-state index contributed by atoms with van der Waals surface area (Å²) in [5.74, 6) is -0.679. The molecule has 1 spiro atoms. The normalized spacial score (nSPS) is 20.8. The van der Waals surface area contributed by atoms with Gasteiger partial charge in [0.25, 0.3) is 0 Å². The van der Waals surface area contributed by atoms with E-state index < -0.39 is 17.7 Å². The third kappa shape index (κ3) is 2.83. The van der Waals surface area contributed by atoms with E-state index in [1.165, 1.54) is 12.1 Å². The Bertz CT molecular complexity index is 565. The average Bonchev–Trinajstić information content (AvgIpc) is 2.37. The molecule has 21 heavy (non-hydrogen) atoms. The Labute approximate surface area is 119 Å². The zero-order chi connectivity index (χ0) is 15.1. The Morgan fingerprint density at radius 1 is 1.24 bits per heavy atom. The highest BCUT2D eigenvalue weighted by Crippen LogP contribution is 2.42. The minimum absolute atomic E-state index is 0.0832. The molecule has 3 rings (SSSR count). The molecule has 0 saturated carbocycles. The summed E-state index contributed by atoms with van der Waals surface area (Å²) in [5, 5.41) is 3.17. The number of benzene rings is 1. The molecule has 114 valence electrons. The van der Waals surface area contributed by atoms with Crippen molar-refractivity contribution >= 4 is 5.78 Å². The monoisotopic (exact) mass is 301 g/mol. The highest BCUT2D eigenvalue weighted by atomic mass is 19.4. The van der Waals surface area contributed by atoms with E-state index in [2.05, 4.69) is 10.1 Å². The number of carbonyl (C=O) groups excluding carboxylic acids is 1. The van der Waals surface area contributed by atoms with Gasteiger partial charge in [0.05, 0.1) is 6.42 Å². The molecule has 4 nitrogen and oxygen atoms in total. The molecular weight excluding hydrogens is 287 g/mol. The summed E-state index contributed by atoms with van der Waals surface area (Å²) in [6, 6.07) is 4.04. The Kier molecular flexibility index (Phi) is 3.32. The molecule has 0 amide bonds. The fourth-order valence-corrected chi connectivity index (χ4v) is 2.89. The highest BCUT2D eigenvalue weighted by Gasteiger charge is 2.43. The second-order valence-corrected chi connectivity index (χ2v) is 5.31. The van der Waals surface area contributed by atoms with Crippen molar-refractivity contribution in [2.45, 2.75) is 31.2 Å². The smallest absolute Gasteiger partial charge is 0.486 e. The van der Waals surface area contributed by atoms with Crippen molar-refractivity contribution in [3.8, 4) is 11.5 Å².